The van der Waals surface area contributed by atoms with E-state index >= 15 is 0 Å². The molecule has 10 atom stereocenters. The molecule has 18 heteroatoms. The van der Waals surface area contributed by atoms with Crippen molar-refractivity contribution in [1.82, 2.24) is 0 Å². The summed E-state index contributed by atoms with van der Waals surface area (Å²) in [7, 11) is 0. The minimum absolute atomic E-state index is 0.0441. The van der Waals surface area contributed by atoms with E-state index in [0.717, 1.165) is 6.92 Å². The van der Waals surface area contributed by atoms with E-state index in [4.69, 9.17) is 52.1 Å². The van der Waals surface area contributed by atoms with E-state index in [0.29, 0.717) is 5.56 Å². The average molecular weight is 1100 g/mol. The number of rotatable bonds is 20. The predicted molar refractivity (Wildman–Crippen MR) is 285 cm³/mol. The Balaban J connectivity index is 1.14. The highest BCUT2D eigenvalue weighted by Gasteiger charge is 2.56. The van der Waals surface area contributed by atoms with E-state index in [1.807, 2.05) is 0 Å². The molecule has 0 aliphatic carbocycles. The number of carbonyl (C=O) groups is 7. The maximum atomic E-state index is 14.4. The predicted octanol–water partition coefficient (Wildman–Crippen LogP) is 8.59. The molecule has 0 radical (unpaired) electrons. The smallest absolute Gasteiger partial charge is 0.338 e. The lowest BCUT2D eigenvalue weighted by Gasteiger charge is -2.46. The molecule has 9 rings (SSSR count). The summed E-state index contributed by atoms with van der Waals surface area (Å²) in [6, 6.07) is 56.2. The van der Waals surface area contributed by atoms with Crippen LogP contribution in [0.5, 0.6) is 0 Å². The summed E-state index contributed by atoms with van der Waals surface area (Å²) in [6.07, 6.45) is -16.9. The first-order valence-electron chi connectivity index (χ1n) is 25.8. The van der Waals surface area contributed by atoms with E-state index in [1.54, 1.807) is 140 Å². The summed E-state index contributed by atoms with van der Waals surface area (Å²) in [4.78, 5) is 98.0. The van der Waals surface area contributed by atoms with Gasteiger partial charge in [0.05, 0.1) is 46.6 Å². The molecule has 18 nitrogen and oxygen atoms in total. The molecule has 2 saturated heterocycles. The van der Waals surface area contributed by atoms with Gasteiger partial charge in [-0.3, -0.25) is 4.79 Å². The minimum atomic E-state index is -1.87. The van der Waals surface area contributed by atoms with Crippen LogP contribution in [0.4, 0.5) is 0 Å². The van der Waals surface area contributed by atoms with E-state index in [9.17, 15) is 33.6 Å². The van der Waals surface area contributed by atoms with Crippen LogP contribution in [0.1, 0.15) is 74.6 Å². The highest BCUT2D eigenvalue weighted by atomic mass is 16.8. The molecule has 0 bridgehead atoms. The number of hydrogen-bond donors (Lipinski definition) is 0. The molecule has 0 spiro atoms. The van der Waals surface area contributed by atoms with Crippen LogP contribution in [0.3, 0.4) is 0 Å². The van der Waals surface area contributed by atoms with Gasteiger partial charge in [-0.25, -0.2) is 28.8 Å². The fourth-order valence-electron chi connectivity index (χ4n) is 8.88. The molecule has 2 aliphatic rings. The minimum Gasteiger partial charge on any atom is -0.459 e. The van der Waals surface area contributed by atoms with Gasteiger partial charge in [-0.15, -0.1) is 0 Å². The first-order valence-corrected chi connectivity index (χ1v) is 25.8. The van der Waals surface area contributed by atoms with Gasteiger partial charge in [-0.1, -0.05) is 140 Å². The Hall–Kier alpha value is -9.33. The van der Waals surface area contributed by atoms with Gasteiger partial charge in [0.25, 0.3) is 0 Å². The maximum absolute atomic E-state index is 14.4. The van der Waals surface area contributed by atoms with E-state index in [-0.39, 0.29) is 40.0 Å². The first-order chi connectivity index (χ1) is 39.5. The van der Waals surface area contributed by atoms with Crippen molar-refractivity contribution >= 4 is 41.8 Å². The third-order valence-corrected chi connectivity index (χ3v) is 12.8. The van der Waals surface area contributed by atoms with E-state index in [1.165, 1.54) is 72.8 Å². The van der Waals surface area contributed by atoms with Crippen LogP contribution in [-0.4, -0.2) is 116 Å². The molecule has 0 aromatic heterocycles. The Labute approximate surface area is 465 Å². The first kappa shape index (κ1) is 56.4. The molecule has 0 saturated carbocycles. The SMILES string of the molecule is CC(=O)O[C@H]1[C@H](OCc2ccccc2)O[C@H](CO[C@@H]2O[C@H](COC(=O)c3ccccc3)[C@H](OC(=O)c3ccccc3)[C@H](OC(=O)c3ccccc3)[C@H]2OC(=O)c2ccccc2)[C@H](OC(=O)c2ccccc2)[C@@H]1OC(=O)c1ccccc1. The zero-order valence-electron chi connectivity index (χ0n) is 43.5. The van der Waals surface area contributed by atoms with Crippen molar-refractivity contribution in [2.75, 3.05) is 13.2 Å². The van der Waals surface area contributed by atoms with E-state index < -0.39 is 116 Å². The van der Waals surface area contributed by atoms with Crippen LogP contribution in [0.2, 0.25) is 0 Å². The van der Waals surface area contributed by atoms with Crippen LogP contribution in [0, 0.1) is 0 Å². The molecule has 0 amide bonds. The highest BCUT2D eigenvalue weighted by Crippen LogP contribution is 2.35. The number of benzene rings is 7. The topological polar surface area (TPSA) is 221 Å². The van der Waals surface area contributed by atoms with Crippen molar-refractivity contribution in [2.45, 2.75) is 74.9 Å². The van der Waals surface area contributed by atoms with Crippen molar-refractivity contribution in [1.29, 1.82) is 0 Å². The fourth-order valence-corrected chi connectivity index (χ4v) is 8.88. The van der Waals surface area contributed by atoms with Gasteiger partial charge in [0, 0.05) is 6.92 Å². The molecule has 0 unspecified atom stereocenters. The number of esters is 7. The monoisotopic (exact) mass is 1100 g/mol. The van der Waals surface area contributed by atoms with Crippen LogP contribution in [0.25, 0.3) is 0 Å². The second-order valence-electron chi connectivity index (χ2n) is 18.4. The zero-order chi connectivity index (χ0) is 56.5. The fraction of sp³-hybridized carbons (Fsp3) is 0.222. The lowest BCUT2D eigenvalue weighted by molar-refractivity contribution is -0.330. The highest BCUT2D eigenvalue weighted by molar-refractivity contribution is 5.92. The Morgan fingerprint density at radius 1 is 0.321 bits per heavy atom. The van der Waals surface area contributed by atoms with Gasteiger partial charge in [-0.2, -0.15) is 0 Å². The van der Waals surface area contributed by atoms with Gasteiger partial charge in [0.1, 0.15) is 18.8 Å². The Morgan fingerprint density at radius 2 is 0.605 bits per heavy atom. The molecule has 7 aromatic carbocycles. The summed E-state index contributed by atoms with van der Waals surface area (Å²) in [5.74, 6) is -6.30. The molecule has 7 aromatic rings. The third-order valence-electron chi connectivity index (χ3n) is 12.8. The lowest BCUT2D eigenvalue weighted by atomic mass is 9.96. The Bertz CT molecular complexity index is 3210. The van der Waals surface area contributed by atoms with Crippen molar-refractivity contribution < 1.29 is 85.7 Å². The van der Waals surface area contributed by atoms with Crippen molar-refractivity contribution in [3.63, 3.8) is 0 Å². The van der Waals surface area contributed by atoms with Gasteiger partial charge >= 0.3 is 41.8 Å². The standard InChI is InChI=1S/C63H54O18/c1-40(64)74-54-52(79-59(68)45-31-17-6-18-32-45)51(78-58(67)44-29-15-5-16-30-44)49(76-62(54)72-37-41-23-9-2-10-24-41)39-73-63-55(81-61(70)47-35-21-8-22-36-47)53(80-60(69)46-33-19-7-20-34-46)50(77-57(66)43-27-13-4-14-28-43)48(75-63)38-71-56(65)42-25-11-3-12-26-42/h2-36,48-55,62-63H,37-39H2,1H3/t48-,49-,50+,51+,52+,53+,54-,55-,62-,63-/m1/s1. The number of ether oxygens (including phenoxy) is 11. The van der Waals surface area contributed by atoms with Gasteiger partial charge < -0.3 is 52.1 Å². The normalized spacial score (nSPS) is 22.1. The second kappa shape index (κ2) is 27.5. The molecule has 2 heterocycles. The van der Waals surface area contributed by atoms with Crippen LogP contribution < -0.4 is 0 Å². The summed E-state index contributed by atoms with van der Waals surface area (Å²) in [5.41, 5.74) is 1.16. The molecule has 0 N–H and O–H groups in total. The number of hydrogen-bond acceptors (Lipinski definition) is 18. The third kappa shape index (κ3) is 14.9. The zero-order valence-corrected chi connectivity index (χ0v) is 43.5. The molecule has 2 aliphatic heterocycles. The van der Waals surface area contributed by atoms with Gasteiger partial charge in [0.2, 0.25) is 0 Å². The maximum Gasteiger partial charge on any atom is 0.338 e. The summed E-state index contributed by atoms with van der Waals surface area (Å²) in [5, 5.41) is 0. The Morgan fingerprint density at radius 3 is 0.963 bits per heavy atom. The number of carbonyl (C=O) groups excluding carboxylic acids is 7. The van der Waals surface area contributed by atoms with Crippen molar-refractivity contribution in [3.05, 3.63) is 251 Å². The van der Waals surface area contributed by atoms with Crippen LogP contribution >= 0.6 is 0 Å². The quantitative estimate of drug-likeness (QED) is 0.0515. The Kier molecular flexibility index (Phi) is 19.2. The van der Waals surface area contributed by atoms with Gasteiger partial charge in [-0.05, 0) is 78.4 Å². The molecule has 414 valence electrons. The lowest BCUT2D eigenvalue weighted by Crippen LogP contribution is -2.65. The van der Waals surface area contributed by atoms with Gasteiger partial charge in [0.15, 0.2) is 49.2 Å². The molecular formula is C63H54O18. The summed E-state index contributed by atoms with van der Waals surface area (Å²) >= 11 is 0. The summed E-state index contributed by atoms with van der Waals surface area (Å²) in [6.45, 7) is -0.401. The molecule has 2 fully saturated rings. The second-order valence-corrected chi connectivity index (χ2v) is 18.4. The van der Waals surface area contributed by atoms with Crippen molar-refractivity contribution in [3.8, 4) is 0 Å². The molecular weight excluding hydrogens is 1040 g/mol. The summed E-state index contributed by atoms with van der Waals surface area (Å²) < 4.78 is 69.0. The molecule has 81 heavy (non-hydrogen) atoms. The van der Waals surface area contributed by atoms with Crippen molar-refractivity contribution in [2.24, 2.45) is 0 Å². The van der Waals surface area contributed by atoms with E-state index in [2.05, 4.69) is 0 Å². The van der Waals surface area contributed by atoms with Crippen LogP contribution in [0.15, 0.2) is 212 Å². The van der Waals surface area contributed by atoms with Crippen LogP contribution in [-0.2, 0) is 63.5 Å². The largest absolute Gasteiger partial charge is 0.459 e. The average Bonchev–Trinajstić information content (AvgIpc) is 3.60.